The molecule has 5 rings (SSSR count). The smallest absolute Gasteiger partial charge is 0.178 e. The number of ketones is 2. The highest BCUT2D eigenvalue weighted by Gasteiger charge is 2.58. The second kappa shape index (κ2) is 6.65. The van der Waals surface area contributed by atoms with Gasteiger partial charge in [-0.05, 0) is 78.7 Å². The number of carbonyl (C=O) groups is 2. The molecule has 4 aliphatic carbocycles. The van der Waals surface area contributed by atoms with Crippen LogP contribution in [0.15, 0.2) is 65.8 Å². The monoisotopic (exact) mass is 386 g/mol. The molecular weight excluding hydrogens is 356 g/mol. The van der Waals surface area contributed by atoms with E-state index in [1.54, 1.807) is 6.08 Å². The first kappa shape index (κ1) is 18.8. The van der Waals surface area contributed by atoms with E-state index in [0.29, 0.717) is 23.5 Å². The quantitative estimate of drug-likeness (QED) is 0.673. The van der Waals surface area contributed by atoms with Crippen molar-refractivity contribution in [3.63, 3.8) is 0 Å². The van der Waals surface area contributed by atoms with Gasteiger partial charge in [0.25, 0.3) is 0 Å². The van der Waals surface area contributed by atoms with Gasteiger partial charge in [-0.1, -0.05) is 56.3 Å². The van der Waals surface area contributed by atoms with Crippen molar-refractivity contribution in [2.75, 3.05) is 0 Å². The van der Waals surface area contributed by atoms with Crippen molar-refractivity contribution in [3.8, 4) is 0 Å². The molecule has 2 saturated carbocycles. The number of aryl methyl sites for hydroxylation is 1. The summed E-state index contributed by atoms with van der Waals surface area (Å²) in [5, 5.41) is 0. The lowest BCUT2D eigenvalue weighted by Crippen LogP contribution is -2.49. The predicted octanol–water partition coefficient (Wildman–Crippen LogP) is 5.64. The molecule has 2 nitrogen and oxygen atoms in total. The lowest BCUT2D eigenvalue weighted by Gasteiger charge is -2.54. The fraction of sp³-hybridized carbons (Fsp3) is 0.481. The number of fused-ring (bicyclic) bond motifs is 5. The van der Waals surface area contributed by atoms with Crippen molar-refractivity contribution in [3.05, 3.63) is 71.3 Å². The summed E-state index contributed by atoms with van der Waals surface area (Å²) in [5.41, 5.74) is 3.66. The van der Waals surface area contributed by atoms with Crippen LogP contribution in [0.3, 0.4) is 0 Å². The largest absolute Gasteiger partial charge is 0.299 e. The Morgan fingerprint density at radius 3 is 2.59 bits per heavy atom. The van der Waals surface area contributed by atoms with Crippen LogP contribution in [0.1, 0.15) is 51.5 Å². The molecule has 0 N–H and O–H groups in total. The predicted molar refractivity (Wildman–Crippen MR) is 115 cm³/mol. The highest BCUT2D eigenvalue weighted by molar-refractivity contribution is 6.02. The second-order valence-electron chi connectivity index (χ2n) is 9.96. The Balaban J connectivity index is 1.55. The Hall–Kier alpha value is -2.22. The topological polar surface area (TPSA) is 34.1 Å². The first-order valence-corrected chi connectivity index (χ1v) is 11.2. The third-order valence-corrected chi connectivity index (χ3v) is 8.54. The number of hydrogen-bond donors (Lipinski definition) is 0. The van der Waals surface area contributed by atoms with E-state index in [-0.39, 0.29) is 16.6 Å². The molecule has 0 aliphatic heterocycles. The van der Waals surface area contributed by atoms with Gasteiger partial charge in [0.1, 0.15) is 5.78 Å². The van der Waals surface area contributed by atoms with Crippen molar-refractivity contribution >= 4 is 11.6 Å². The van der Waals surface area contributed by atoms with E-state index < -0.39 is 0 Å². The fourth-order valence-corrected chi connectivity index (χ4v) is 6.82. The molecule has 4 aliphatic rings. The van der Waals surface area contributed by atoms with E-state index in [2.05, 4.69) is 56.3 Å². The molecule has 29 heavy (non-hydrogen) atoms. The molecule has 0 spiro atoms. The first-order valence-electron chi connectivity index (χ1n) is 11.2. The van der Waals surface area contributed by atoms with Gasteiger partial charge in [-0.3, -0.25) is 9.59 Å². The van der Waals surface area contributed by atoms with Crippen molar-refractivity contribution in [1.29, 1.82) is 0 Å². The van der Waals surface area contributed by atoms with Crippen molar-refractivity contribution in [2.45, 2.75) is 52.4 Å². The summed E-state index contributed by atoms with van der Waals surface area (Å²) in [4.78, 5) is 25.0. The summed E-state index contributed by atoms with van der Waals surface area (Å²) >= 11 is 0. The van der Waals surface area contributed by atoms with Crippen LogP contribution in [0, 0.1) is 28.6 Å². The number of Topliss-reactive ketones (excluding diaryl/α,β-unsaturated/α-hetero) is 1. The van der Waals surface area contributed by atoms with Gasteiger partial charge in [-0.15, -0.1) is 0 Å². The molecule has 1 aromatic carbocycles. The van der Waals surface area contributed by atoms with Gasteiger partial charge < -0.3 is 0 Å². The third-order valence-electron chi connectivity index (χ3n) is 8.54. The number of allylic oxidation sites excluding steroid dienone is 6. The van der Waals surface area contributed by atoms with Crippen LogP contribution >= 0.6 is 0 Å². The van der Waals surface area contributed by atoms with E-state index >= 15 is 0 Å². The summed E-state index contributed by atoms with van der Waals surface area (Å²) in [6.07, 6.45) is 14.1. The minimum Gasteiger partial charge on any atom is -0.299 e. The molecule has 5 atom stereocenters. The lowest BCUT2D eigenvalue weighted by molar-refractivity contribution is -0.130. The first-order chi connectivity index (χ1) is 13.9. The van der Waals surface area contributed by atoms with E-state index in [4.69, 9.17) is 0 Å². The van der Waals surface area contributed by atoms with Crippen molar-refractivity contribution in [1.82, 2.24) is 0 Å². The lowest BCUT2D eigenvalue weighted by atomic mass is 9.49. The zero-order valence-electron chi connectivity index (χ0n) is 17.5. The van der Waals surface area contributed by atoms with Gasteiger partial charge in [0.2, 0.25) is 0 Å². The SMILES string of the molecule is C[C@]12C=CC(=O)C=C1C(CCc1ccccc1)=C[C@@H]1[C@@H]2CC[C@]2(C)C(=O)CC[C@@H]12. The van der Waals surface area contributed by atoms with Gasteiger partial charge in [0.15, 0.2) is 5.78 Å². The second-order valence-corrected chi connectivity index (χ2v) is 9.96. The molecule has 0 saturated heterocycles. The molecule has 2 fully saturated rings. The Morgan fingerprint density at radius 1 is 1.00 bits per heavy atom. The normalized spacial score (nSPS) is 38.1. The summed E-state index contributed by atoms with van der Waals surface area (Å²) in [6, 6.07) is 10.6. The summed E-state index contributed by atoms with van der Waals surface area (Å²) in [7, 11) is 0. The van der Waals surface area contributed by atoms with Crippen LogP contribution in [0.5, 0.6) is 0 Å². The van der Waals surface area contributed by atoms with Crippen molar-refractivity contribution in [2.24, 2.45) is 28.6 Å². The van der Waals surface area contributed by atoms with Gasteiger partial charge in [0.05, 0.1) is 0 Å². The molecule has 0 heterocycles. The van der Waals surface area contributed by atoms with Gasteiger partial charge in [-0.25, -0.2) is 0 Å². The molecule has 2 heteroatoms. The summed E-state index contributed by atoms with van der Waals surface area (Å²) in [5.74, 6) is 1.96. The van der Waals surface area contributed by atoms with Crippen LogP contribution in [0.2, 0.25) is 0 Å². The molecule has 0 radical (unpaired) electrons. The molecule has 0 bridgehead atoms. The number of rotatable bonds is 3. The van der Waals surface area contributed by atoms with Gasteiger partial charge in [-0.2, -0.15) is 0 Å². The maximum absolute atomic E-state index is 12.7. The van der Waals surface area contributed by atoms with Crippen LogP contribution < -0.4 is 0 Å². The average Bonchev–Trinajstić information content (AvgIpc) is 3.03. The molecule has 0 unspecified atom stereocenters. The molecule has 0 amide bonds. The highest BCUT2D eigenvalue weighted by Crippen LogP contribution is 2.63. The van der Waals surface area contributed by atoms with E-state index in [1.807, 2.05) is 6.08 Å². The zero-order chi connectivity index (χ0) is 20.2. The molecule has 0 aromatic heterocycles. The standard InChI is InChI=1S/C27H30O2/c1-26-14-12-20(28)17-24(26)19(9-8-18-6-4-3-5-7-18)16-21-22-10-11-25(29)27(22,2)15-13-23(21)26/h3-7,12,14,16-17,21-23H,8-11,13,15H2,1-2H3/t21-,22-,23-,26+,27-/m0/s1. The van der Waals surface area contributed by atoms with Crippen molar-refractivity contribution < 1.29 is 9.59 Å². The number of carbonyl (C=O) groups excluding carboxylic acids is 2. The zero-order valence-corrected chi connectivity index (χ0v) is 17.5. The maximum Gasteiger partial charge on any atom is 0.178 e. The van der Waals surface area contributed by atoms with E-state index in [0.717, 1.165) is 38.5 Å². The average molecular weight is 387 g/mol. The molecular formula is C27H30O2. The van der Waals surface area contributed by atoms with E-state index in [1.165, 1.54) is 16.7 Å². The number of hydrogen-bond acceptors (Lipinski definition) is 2. The Morgan fingerprint density at radius 2 is 1.79 bits per heavy atom. The van der Waals surface area contributed by atoms with E-state index in [9.17, 15) is 9.59 Å². The Kier molecular flexibility index (Phi) is 4.31. The minimum atomic E-state index is -0.145. The third kappa shape index (κ3) is 2.83. The minimum absolute atomic E-state index is 0.0910. The summed E-state index contributed by atoms with van der Waals surface area (Å²) < 4.78 is 0. The molecule has 1 aromatic rings. The van der Waals surface area contributed by atoms with Gasteiger partial charge >= 0.3 is 0 Å². The van der Waals surface area contributed by atoms with Crippen LogP contribution in [0.4, 0.5) is 0 Å². The fourth-order valence-electron chi connectivity index (χ4n) is 6.82. The van der Waals surface area contributed by atoms with Crippen LogP contribution in [-0.4, -0.2) is 11.6 Å². The van der Waals surface area contributed by atoms with Gasteiger partial charge in [0, 0.05) is 17.3 Å². The number of benzene rings is 1. The van der Waals surface area contributed by atoms with Crippen LogP contribution in [-0.2, 0) is 16.0 Å². The summed E-state index contributed by atoms with van der Waals surface area (Å²) in [6.45, 7) is 4.54. The Labute approximate surface area is 173 Å². The molecule has 150 valence electrons. The van der Waals surface area contributed by atoms with Crippen LogP contribution in [0.25, 0.3) is 0 Å². The Bertz CT molecular complexity index is 950. The maximum atomic E-state index is 12.7. The highest BCUT2D eigenvalue weighted by atomic mass is 16.1.